The zero-order valence-corrected chi connectivity index (χ0v) is 12.7. The Balaban J connectivity index is 1.61. The van der Waals surface area contributed by atoms with Crippen molar-refractivity contribution in [2.24, 2.45) is 5.92 Å². The third-order valence-corrected chi connectivity index (χ3v) is 5.76. The first-order chi connectivity index (χ1) is 9.34. The number of likely N-dealkylation sites (tertiary alicyclic amines) is 1. The van der Waals surface area contributed by atoms with Crippen LogP contribution in [0.1, 0.15) is 38.5 Å². The van der Waals surface area contributed by atoms with Gasteiger partial charge in [0.15, 0.2) is 0 Å². The number of amides is 1. The third kappa shape index (κ3) is 3.66. The first-order valence-electron chi connectivity index (χ1n) is 7.95. The Hall–Kier alpha value is -0.220. The number of carbonyl (C=O) groups is 1. The average Bonchev–Trinajstić information content (AvgIpc) is 3.27. The molecule has 3 aliphatic rings. The van der Waals surface area contributed by atoms with Crippen molar-refractivity contribution in [2.45, 2.75) is 44.6 Å². The molecule has 4 heteroatoms. The molecule has 0 N–H and O–H groups in total. The van der Waals surface area contributed by atoms with Gasteiger partial charge in [-0.25, -0.2) is 0 Å². The van der Waals surface area contributed by atoms with Crippen LogP contribution in [0, 0.1) is 5.92 Å². The maximum atomic E-state index is 12.5. The first-order valence-corrected chi connectivity index (χ1v) is 9.10. The molecule has 19 heavy (non-hydrogen) atoms. The maximum absolute atomic E-state index is 12.5. The summed E-state index contributed by atoms with van der Waals surface area (Å²) in [4.78, 5) is 17.3. The molecule has 108 valence electrons. The van der Waals surface area contributed by atoms with Gasteiger partial charge in [0.2, 0.25) is 5.91 Å². The summed E-state index contributed by atoms with van der Waals surface area (Å²) < 4.78 is 0. The van der Waals surface area contributed by atoms with E-state index in [0.717, 1.165) is 31.7 Å². The minimum absolute atomic E-state index is 0.381. The van der Waals surface area contributed by atoms with Crippen LogP contribution in [0.25, 0.3) is 0 Å². The van der Waals surface area contributed by atoms with Gasteiger partial charge in [-0.15, -0.1) is 0 Å². The molecule has 1 atom stereocenters. The summed E-state index contributed by atoms with van der Waals surface area (Å²) in [6, 6.07) is 0.471. The van der Waals surface area contributed by atoms with Crippen LogP contribution in [0.5, 0.6) is 0 Å². The van der Waals surface area contributed by atoms with Crippen LogP contribution in [0.2, 0.25) is 0 Å². The van der Waals surface area contributed by atoms with E-state index in [9.17, 15) is 4.79 Å². The van der Waals surface area contributed by atoms with Gasteiger partial charge in [-0.2, -0.15) is 11.8 Å². The molecule has 2 saturated heterocycles. The molecule has 1 unspecified atom stereocenters. The minimum atomic E-state index is 0.381. The van der Waals surface area contributed by atoms with Crippen LogP contribution in [0.15, 0.2) is 0 Å². The molecule has 0 aromatic carbocycles. The number of rotatable bonds is 3. The Kier molecular flexibility index (Phi) is 4.69. The number of nitrogens with zero attached hydrogens (tertiary/aromatic N) is 2. The fraction of sp³-hybridized carbons (Fsp3) is 0.933. The molecule has 3 fully saturated rings. The molecule has 0 radical (unpaired) electrons. The smallest absolute Gasteiger partial charge is 0.226 e. The van der Waals surface area contributed by atoms with Gasteiger partial charge in [0, 0.05) is 24.8 Å². The quantitative estimate of drug-likeness (QED) is 0.793. The van der Waals surface area contributed by atoms with Gasteiger partial charge in [-0.1, -0.05) is 6.42 Å². The fourth-order valence-electron chi connectivity index (χ4n) is 3.28. The van der Waals surface area contributed by atoms with Crippen molar-refractivity contribution in [3.8, 4) is 0 Å². The van der Waals surface area contributed by atoms with Gasteiger partial charge in [0.25, 0.3) is 0 Å². The second kappa shape index (κ2) is 6.49. The van der Waals surface area contributed by atoms with Crippen molar-refractivity contribution in [3.05, 3.63) is 0 Å². The van der Waals surface area contributed by atoms with Gasteiger partial charge >= 0.3 is 0 Å². The standard InChI is InChI=1S/C15H26N2OS/c18-15(13-5-6-13)17-9-4-10-19-12-14(17)11-16-7-2-1-3-8-16/h13-14H,1-12H2. The third-order valence-electron chi connectivity index (χ3n) is 4.57. The summed E-state index contributed by atoms with van der Waals surface area (Å²) in [5.41, 5.74) is 0. The van der Waals surface area contributed by atoms with Crippen molar-refractivity contribution in [2.75, 3.05) is 37.7 Å². The molecule has 3 rings (SSSR count). The highest BCUT2D eigenvalue weighted by molar-refractivity contribution is 7.99. The lowest BCUT2D eigenvalue weighted by Gasteiger charge is -2.36. The number of piperidine rings is 1. The second-order valence-electron chi connectivity index (χ2n) is 6.25. The van der Waals surface area contributed by atoms with Crippen LogP contribution in [0.3, 0.4) is 0 Å². The van der Waals surface area contributed by atoms with Crippen molar-refractivity contribution < 1.29 is 4.79 Å². The summed E-state index contributed by atoms with van der Waals surface area (Å²) in [6.45, 7) is 4.60. The Morgan fingerprint density at radius 2 is 1.84 bits per heavy atom. The van der Waals surface area contributed by atoms with E-state index in [4.69, 9.17) is 0 Å². The second-order valence-corrected chi connectivity index (χ2v) is 7.40. The fourth-order valence-corrected chi connectivity index (χ4v) is 4.33. The zero-order chi connectivity index (χ0) is 13.1. The molecule has 0 aromatic heterocycles. The van der Waals surface area contributed by atoms with Gasteiger partial charge in [0.1, 0.15) is 0 Å². The Morgan fingerprint density at radius 3 is 2.58 bits per heavy atom. The van der Waals surface area contributed by atoms with E-state index < -0.39 is 0 Å². The molecule has 2 aliphatic heterocycles. The maximum Gasteiger partial charge on any atom is 0.226 e. The van der Waals surface area contributed by atoms with Gasteiger partial charge in [0.05, 0.1) is 6.04 Å². The minimum Gasteiger partial charge on any atom is -0.337 e. The van der Waals surface area contributed by atoms with Crippen LogP contribution in [-0.4, -0.2) is 59.4 Å². The van der Waals surface area contributed by atoms with E-state index in [2.05, 4.69) is 9.80 Å². The summed E-state index contributed by atoms with van der Waals surface area (Å²) >= 11 is 2.05. The predicted octanol–water partition coefficient (Wildman–Crippen LogP) is 2.22. The van der Waals surface area contributed by atoms with E-state index >= 15 is 0 Å². The zero-order valence-electron chi connectivity index (χ0n) is 11.9. The van der Waals surface area contributed by atoms with E-state index in [1.807, 2.05) is 11.8 Å². The summed E-state index contributed by atoms with van der Waals surface area (Å²) in [5, 5.41) is 0. The monoisotopic (exact) mass is 282 g/mol. The summed E-state index contributed by atoms with van der Waals surface area (Å²) in [7, 11) is 0. The van der Waals surface area contributed by atoms with Crippen molar-refractivity contribution >= 4 is 17.7 Å². The highest BCUT2D eigenvalue weighted by Gasteiger charge is 2.37. The normalized spacial score (nSPS) is 30.1. The SMILES string of the molecule is O=C(C1CC1)N1CCCSCC1CN1CCCCC1. The number of hydrogen-bond acceptors (Lipinski definition) is 3. The molecule has 1 amide bonds. The lowest BCUT2D eigenvalue weighted by molar-refractivity contribution is -0.134. The number of thioether (sulfide) groups is 1. The van der Waals surface area contributed by atoms with Gasteiger partial charge in [-0.3, -0.25) is 4.79 Å². The summed E-state index contributed by atoms with van der Waals surface area (Å²) in [6.07, 6.45) is 7.53. The molecule has 0 aromatic rings. The molecule has 0 bridgehead atoms. The molecule has 1 saturated carbocycles. The topological polar surface area (TPSA) is 23.6 Å². The molecule has 2 heterocycles. The van der Waals surface area contributed by atoms with Crippen LogP contribution >= 0.6 is 11.8 Å². The Bertz CT molecular complexity index is 313. The highest BCUT2D eigenvalue weighted by atomic mass is 32.2. The van der Waals surface area contributed by atoms with Crippen molar-refractivity contribution in [1.29, 1.82) is 0 Å². The number of hydrogen-bond donors (Lipinski definition) is 0. The first kappa shape index (κ1) is 13.7. The van der Waals surface area contributed by atoms with Gasteiger partial charge < -0.3 is 9.80 Å². The van der Waals surface area contributed by atoms with E-state index in [1.165, 1.54) is 44.5 Å². The van der Waals surface area contributed by atoms with Crippen molar-refractivity contribution in [3.63, 3.8) is 0 Å². The Morgan fingerprint density at radius 1 is 1.05 bits per heavy atom. The van der Waals surface area contributed by atoms with E-state index in [0.29, 0.717) is 17.9 Å². The van der Waals surface area contributed by atoms with Crippen LogP contribution in [-0.2, 0) is 4.79 Å². The largest absolute Gasteiger partial charge is 0.337 e. The molecular weight excluding hydrogens is 256 g/mol. The molecule has 1 aliphatic carbocycles. The van der Waals surface area contributed by atoms with Crippen LogP contribution in [0.4, 0.5) is 0 Å². The number of carbonyl (C=O) groups excluding carboxylic acids is 1. The molecular formula is C15H26N2OS. The lowest BCUT2D eigenvalue weighted by Crippen LogP contribution is -2.49. The highest BCUT2D eigenvalue weighted by Crippen LogP contribution is 2.33. The van der Waals surface area contributed by atoms with Gasteiger partial charge in [-0.05, 0) is 50.9 Å². The van der Waals surface area contributed by atoms with Crippen LogP contribution < -0.4 is 0 Å². The molecule has 3 nitrogen and oxygen atoms in total. The predicted molar refractivity (Wildman–Crippen MR) is 80.5 cm³/mol. The Labute approximate surface area is 121 Å². The van der Waals surface area contributed by atoms with Crippen molar-refractivity contribution in [1.82, 2.24) is 9.80 Å². The average molecular weight is 282 g/mol. The molecule has 0 spiro atoms. The summed E-state index contributed by atoms with van der Waals surface area (Å²) in [5.74, 6) is 3.22. The van der Waals surface area contributed by atoms with E-state index in [-0.39, 0.29) is 0 Å². The van der Waals surface area contributed by atoms with E-state index in [1.54, 1.807) is 0 Å². The lowest BCUT2D eigenvalue weighted by atomic mass is 10.1.